The van der Waals surface area contributed by atoms with Crippen LogP contribution in [0.25, 0.3) is 27.9 Å². The molecular weight excluding hydrogens is 402 g/mol. The van der Waals surface area contributed by atoms with Crippen LogP contribution in [0.3, 0.4) is 0 Å². The van der Waals surface area contributed by atoms with E-state index in [1.807, 2.05) is 25.1 Å². The smallest absolute Gasteiger partial charge is 0.344 e. The molecule has 1 fully saturated rings. The number of aryl methyl sites for hydroxylation is 1. The first-order chi connectivity index (χ1) is 14.4. The van der Waals surface area contributed by atoms with Gasteiger partial charge < -0.3 is 19.0 Å². The van der Waals surface area contributed by atoms with Crippen LogP contribution >= 0.6 is 11.6 Å². The average Bonchev–Trinajstić information content (AvgIpc) is 3.11. The predicted octanol–water partition coefficient (Wildman–Crippen LogP) is 3.65. The molecule has 1 N–H and O–H groups in total. The minimum Gasteiger partial charge on any atom is -0.421 e. The highest BCUT2D eigenvalue weighted by Crippen LogP contribution is 2.27. The Balaban J connectivity index is 1.56. The van der Waals surface area contributed by atoms with Crippen molar-refractivity contribution in [1.82, 2.24) is 19.7 Å². The molecule has 2 unspecified atom stereocenters. The van der Waals surface area contributed by atoms with Gasteiger partial charge in [0.15, 0.2) is 11.4 Å². The molecule has 3 aromatic heterocycles. The van der Waals surface area contributed by atoms with E-state index in [1.54, 1.807) is 16.8 Å². The van der Waals surface area contributed by atoms with Crippen molar-refractivity contribution in [3.05, 3.63) is 57.9 Å². The molecule has 30 heavy (non-hydrogen) atoms. The third kappa shape index (κ3) is 3.34. The van der Waals surface area contributed by atoms with E-state index in [2.05, 4.69) is 40.1 Å². The Morgan fingerprint density at radius 3 is 2.67 bits per heavy atom. The van der Waals surface area contributed by atoms with Crippen molar-refractivity contribution in [3.63, 3.8) is 0 Å². The summed E-state index contributed by atoms with van der Waals surface area (Å²) in [6.07, 6.45) is 3.47. The number of nitrogens with one attached hydrogen (secondary N) is 1. The van der Waals surface area contributed by atoms with E-state index in [9.17, 15) is 4.79 Å². The zero-order valence-electron chi connectivity index (χ0n) is 17.0. The molecular formula is C22H22ClN5O2. The van der Waals surface area contributed by atoms with Gasteiger partial charge in [-0.25, -0.2) is 14.8 Å². The van der Waals surface area contributed by atoms with Crippen LogP contribution < -0.4 is 15.8 Å². The normalized spacial score (nSPS) is 19.7. The van der Waals surface area contributed by atoms with Crippen LogP contribution in [-0.2, 0) is 0 Å². The number of rotatable bonds is 2. The lowest BCUT2D eigenvalue weighted by atomic mass is 10.1. The number of benzene rings is 1. The topological polar surface area (TPSA) is 75.7 Å². The average molecular weight is 424 g/mol. The maximum absolute atomic E-state index is 12.8. The molecule has 1 saturated heterocycles. The largest absolute Gasteiger partial charge is 0.421 e. The summed E-state index contributed by atoms with van der Waals surface area (Å²) in [4.78, 5) is 23.9. The lowest BCUT2D eigenvalue weighted by molar-refractivity contribution is 0.407. The van der Waals surface area contributed by atoms with Crippen LogP contribution in [-0.4, -0.2) is 39.5 Å². The maximum Gasteiger partial charge on any atom is 0.344 e. The lowest BCUT2D eigenvalue weighted by Crippen LogP contribution is -2.54. The molecule has 7 nitrogen and oxygen atoms in total. The summed E-state index contributed by atoms with van der Waals surface area (Å²) in [5.74, 6) is 0.420. The third-order valence-corrected chi connectivity index (χ3v) is 5.68. The molecule has 4 heterocycles. The van der Waals surface area contributed by atoms with Crippen LogP contribution in [0, 0.1) is 6.92 Å². The third-order valence-electron chi connectivity index (χ3n) is 5.50. The minimum absolute atomic E-state index is 0.370. The van der Waals surface area contributed by atoms with Crippen LogP contribution in [0.2, 0.25) is 5.15 Å². The van der Waals surface area contributed by atoms with Crippen molar-refractivity contribution in [3.8, 4) is 11.5 Å². The van der Waals surface area contributed by atoms with Crippen LogP contribution in [0.15, 0.2) is 45.9 Å². The van der Waals surface area contributed by atoms with Crippen LogP contribution in [0.1, 0.15) is 19.5 Å². The summed E-state index contributed by atoms with van der Waals surface area (Å²) in [5, 5.41) is 5.30. The standard InChI is InChI=1S/C22H22ClN5O2/c1-12-8-27(9-13(2)24-12)16-5-4-15-6-19(30-22(29)17(15)7-16)18-10-28-11-20(23)25-14(3)21(28)26-18/h4-7,10-13,24H,8-9H2,1-3H3. The van der Waals surface area contributed by atoms with E-state index in [4.69, 9.17) is 16.0 Å². The van der Waals surface area contributed by atoms with Gasteiger partial charge in [0, 0.05) is 43.3 Å². The summed E-state index contributed by atoms with van der Waals surface area (Å²) in [6, 6.07) is 8.60. The van der Waals surface area contributed by atoms with Gasteiger partial charge in [-0.2, -0.15) is 0 Å². The molecule has 154 valence electrons. The monoisotopic (exact) mass is 423 g/mol. The van der Waals surface area contributed by atoms with Crippen LogP contribution in [0.4, 0.5) is 5.69 Å². The van der Waals surface area contributed by atoms with Crippen molar-refractivity contribution >= 4 is 33.7 Å². The first-order valence-electron chi connectivity index (χ1n) is 9.98. The molecule has 5 rings (SSSR count). The zero-order valence-corrected chi connectivity index (χ0v) is 17.8. The molecule has 8 heteroatoms. The molecule has 1 aliphatic rings. The summed E-state index contributed by atoms with van der Waals surface area (Å²) in [6.45, 7) is 7.98. The van der Waals surface area contributed by atoms with Gasteiger partial charge in [0.05, 0.1) is 11.1 Å². The highest BCUT2D eigenvalue weighted by Gasteiger charge is 2.22. The summed E-state index contributed by atoms with van der Waals surface area (Å²) >= 11 is 6.04. The Bertz CT molecular complexity index is 1320. The number of piperazine rings is 1. The van der Waals surface area contributed by atoms with Gasteiger partial charge in [-0.15, -0.1) is 0 Å². The van der Waals surface area contributed by atoms with Crippen molar-refractivity contribution in [2.45, 2.75) is 32.9 Å². The molecule has 0 spiro atoms. The number of aromatic nitrogens is 3. The number of halogens is 1. The van der Waals surface area contributed by atoms with Crippen LogP contribution in [0.5, 0.6) is 0 Å². The second-order valence-electron chi connectivity index (χ2n) is 8.05. The summed E-state index contributed by atoms with van der Waals surface area (Å²) in [5.41, 5.74) is 2.61. The minimum atomic E-state index is -0.370. The summed E-state index contributed by atoms with van der Waals surface area (Å²) in [7, 11) is 0. The molecule has 0 amide bonds. The highest BCUT2D eigenvalue weighted by atomic mass is 35.5. The quantitative estimate of drug-likeness (QED) is 0.530. The molecule has 4 aromatic rings. The number of anilines is 1. The van der Waals surface area contributed by atoms with E-state index in [1.165, 1.54) is 0 Å². The van der Waals surface area contributed by atoms with Gasteiger partial charge >= 0.3 is 5.63 Å². The molecule has 0 bridgehead atoms. The fraction of sp³-hybridized carbons (Fsp3) is 0.318. The molecule has 2 atom stereocenters. The van der Waals surface area contributed by atoms with Crippen molar-refractivity contribution in [2.75, 3.05) is 18.0 Å². The second-order valence-corrected chi connectivity index (χ2v) is 8.44. The molecule has 1 aliphatic heterocycles. The molecule has 0 saturated carbocycles. The van der Waals surface area contributed by atoms with E-state index in [0.717, 1.165) is 24.2 Å². The van der Waals surface area contributed by atoms with Gasteiger partial charge in [0.1, 0.15) is 10.8 Å². The second kappa shape index (κ2) is 7.11. The van der Waals surface area contributed by atoms with Gasteiger partial charge in [-0.05, 0) is 44.4 Å². The first-order valence-corrected chi connectivity index (χ1v) is 10.4. The van der Waals surface area contributed by atoms with Crippen molar-refractivity contribution in [1.29, 1.82) is 0 Å². The van der Waals surface area contributed by atoms with Crippen molar-refractivity contribution < 1.29 is 4.42 Å². The van der Waals surface area contributed by atoms with E-state index < -0.39 is 0 Å². The van der Waals surface area contributed by atoms with E-state index in [0.29, 0.717) is 45.4 Å². The Kier molecular flexibility index (Phi) is 4.52. The Morgan fingerprint density at radius 2 is 1.90 bits per heavy atom. The molecule has 0 aliphatic carbocycles. The Labute approximate surface area is 178 Å². The maximum atomic E-state index is 12.8. The summed E-state index contributed by atoms with van der Waals surface area (Å²) < 4.78 is 7.44. The van der Waals surface area contributed by atoms with Gasteiger partial charge in [-0.3, -0.25) is 0 Å². The lowest BCUT2D eigenvalue weighted by Gasteiger charge is -2.37. The highest BCUT2D eigenvalue weighted by molar-refractivity contribution is 6.29. The zero-order chi connectivity index (χ0) is 21.0. The molecule has 1 aromatic carbocycles. The number of fused-ring (bicyclic) bond motifs is 2. The molecule has 0 radical (unpaired) electrons. The fourth-order valence-electron chi connectivity index (χ4n) is 4.27. The number of hydrogen-bond donors (Lipinski definition) is 1. The first kappa shape index (κ1) is 19.1. The number of nitrogens with zero attached hydrogens (tertiary/aromatic N) is 4. The number of hydrogen-bond acceptors (Lipinski definition) is 6. The van der Waals surface area contributed by atoms with Gasteiger partial charge in [0.2, 0.25) is 0 Å². The number of imidazole rings is 1. The fourth-order valence-corrected chi connectivity index (χ4v) is 4.50. The van der Waals surface area contributed by atoms with Crippen molar-refractivity contribution in [2.24, 2.45) is 0 Å². The Hall–Kier alpha value is -2.90. The van der Waals surface area contributed by atoms with E-state index >= 15 is 0 Å². The van der Waals surface area contributed by atoms with E-state index in [-0.39, 0.29) is 5.63 Å². The SMILES string of the molecule is Cc1nc(Cl)cn2cc(-c3cc4ccc(N5CC(C)NC(C)C5)cc4c(=O)o3)nc12. The predicted molar refractivity (Wildman–Crippen MR) is 118 cm³/mol. The Morgan fingerprint density at radius 1 is 1.13 bits per heavy atom. The van der Waals surface area contributed by atoms with Gasteiger partial charge in [0.25, 0.3) is 0 Å². The van der Waals surface area contributed by atoms with Gasteiger partial charge in [-0.1, -0.05) is 17.7 Å².